The summed E-state index contributed by atoms with van der Waals surface area (Å²) in [4.78, 5) is 6.09. The molecule has 0 unspecified atom stereocenters. The molecule has 0 spiro atoms. The maximum Gasteiger partial charge on any atom is 0.297 e. The zero-order chi connectivity index (χ0) is 11.3. The predicted octanol–water partition coefficient (Wildman–Crippen LogP) is 1.24. The fraction of sp³-hybridized carbons (Fsp3) is 0.545. The molecule has 0 saturated heterocycles. The van der Waals surface area contributed by atoms with Crippen molar-refractivity contribution in [3.05, 3.63) is 12.0 Å². The molecule has 15 heavy (non-hydrogen) atoms. The number of hydrogen-bond donors (Lipinski definition) is 1. The zero-order valence-corrected chi connectivity index (χ0v) is 9.45. The molecule has 1 heterocycles. The number of rotatable bonds is 5. The van der Waals surface area contributed by atoms with E-state index in [1.807, 2.05) is 7.05 Å². The summed E-state index contributed by atoms with van der Waals surface area (Å²) in [6.45, 7) is 5.39. The van der Waals surface area contributed by atoms with Crippen molar-refractivity contribution in [2.45, 2.75) is 26.4 Å². The van der Waals surface area contributed by atoms with Crippen LogP contribution in [0, 0.1) is 12.3 Å². The Bertz CT molecular complexity index is 338. The molecule has 4 heteroatoms. The van der Waals surface area contributed by atoms with E-state index in [1.54, 1.807) is 11.2 Å². The SMILES string of the molecule is C#CCN(C)c1nc(CNC(C)C)co1. The van der Waals surface area contributed by atoms with E-state index in [1.165, 1.54) is 0 Å². The minimum Gasteiger partial charge on any atom is -0.432 e. The van der Waals surface area contributed by atoms with Crippen molar-refractivity contribution in [2.24, 2.45) is 0 Å². The molecule has 0 aliphatic rings. The third-order valence-corrected chi connectivity index (χ3v) is 1.89. The van der Waals surface area contributed by atoms with Crippen LogP contribution < -0.4 is 10.2 Å². The van der Waals surface area contributed by atoms with E-state index in [2.05, 4.69) is 30.1 Å². The monoisotopic (exact) mass is 207 g/mol. The van der Waals surface area contributed by atoms with Gasteiger partial charge in [-0.3, -0.25) is 0 Å². The quantitative estimate of drug-likeness (QED) is 0.738. The first kappa shape index (κ1) is 11.6. The average Bonchev–Trinajstić information content (AvgIpc) is 2.63. The van der Waals surface area contributed by atoms with Gasteiger partial charge in [0.25, 0.3) is 6.01 Å². The number of aromatic nitrogens is 1. The summed E-state index contributed by atoms with van der Waals surface area (Å²) in [6.07, 6.45) is 6.85. The van der Waals surface area contributed by atoms with E-state index in [0.29, 0.717) is 25.1 Å². The van der Waals surface area contributed by atoms with Gasteiger partial charge in [-0.25, -0.2) is 0 Å². The van der Waals surface area contributed by atoms with Crippen LogP contribution in [0.2, 0.25) is 0 Å². The summed E-state index contributed by atoms with van der Waals surface area (Å²) < 4.78 is 5.29. The summed E-state index contributed by atoms with van der Waals surface area (Å²) in [6, 6.07) is 1.00. The molecule has 0 fully saturated rings. The Morgan fingerprint density at radius 3 is 3.00 bits per heavy atom. The Morgan fingerprint density at radius 2 is 2.40 bits per heavy atom. The van der Waals surface area contributed by atoms with Gasteiger partial charge in [0.2, 0.25) is 0 Å². The minimum absolute atomic E-state index is 0.439. The van der Waals surface area contributed by atoms with Crippen molar-refractivity contribution in [3.63, 3.8) is 0 Å². The van der Waals surface area contributed by atoms with Crippen LogP contribution in [0.4, 0.5) is 6.01 Å². The molecule has 0 saturated carbocycles. The van der Waals surface area contributed by atoms with Crippen LogP contribution in [0.5, 0.6) is 0 Å². The molecule has 0 aliphatic carbocycles. The largest absolute Gasteiger partial charge is 0.432 e. The first-order chi connectivity index (χ1) is 7.13. The summed E-state index contributed by atoms with van der Waals surface area (Å²) in [7, 11) is 1.85. The van der Waals surface area contributed by atoms with Crippen molar-refractivity contribution >= 4 is 6.01 Å². The van der Waals surface area contributed by atoms with E-state index in [4.69, 9.17) is 10.8 Å². The predicted molar refractivity (Wildman–Crippen MR) is 60.6 cm³/mol. The molecular formula is C11H17N3O. The van der Waals surface area contributed by atoms with Crippen LogP contribution in [0.15, 0.2) is 10.7 Å². The van der Waals surface area contributed by atoms with Crippen LogP contribution in [0.3, 0.4) is 0 Å². The van der Waals surface area contributed by atoms with Gasteiger partial charge in [-0.15, -0.1) is 6.42 Å². The second-order valence-electron chi connectivity index (χ2n) is 3.72. The Balaban J connectivity index is 2.53. The summed E-state index contributed by atoms with van der Waals surface area (Å²) in [5.74, 6) is 2.54. The Labute approximate surface area is 90.7 Å². The highest BCUT2D eigenvalue weighted by molar-refractivity contribution is 5.27. The van der Waals surface area contributed by atoms with Gasteiger partial charge in [0, 0.05) is 19.6 Å². The smallest absolute Gasteiger partial charge is 0.297 e. The number of nitrogens with zero attached hydrogens (tertiary/aromatic N) is 2. The van der Waals surface area contributed by atoms with Crippen molar-refractivity contribution in [3.8, 4) is 12.3 Å². The van der Waals surface area contributed by atoms with Crippen LogP contribution in [0.1, 0.15) is 19.5 Å². The number of anilines is 1. The summed E-state index contributed by atoms with van der Waals surface area (Å²) in [5.41, 5.74) is 0.891. The molecule has 4 nitrogen and oxygen atoms in total. The zero-order valence-electron chi connectivity index (χ0n) is 9.45. The summed E-state index contributed by atoms with van der Waals surface area (Å²) >= 11 is 0. The normalized spacial score (nSPS) is 10.3. The van der Waals surface area contributed by atoms with Gasteiger partial charge < -0.3 is 14.6 Å². The van der Waals surface area contributed by atoms with Gasteiger partial charge in [-0.05, 0) is 0 Å². The number of nitrogens with one attached hydrogen (secondary N) is 1. The molecule has 82 valence electrons. The maximum atomic E-state index is 5.29. The molecule has 1 N–H and O–H groups in total. The Morgan fingerprint density at radius 1 is 1.67 bits per heavy atom. The molecular weight excluding hydrogens is 190 g/mol. The minimum atomic E-state index is 0.439. The third-order valence-electron chi connectivity index (χ3n) is 1.89. The van der Waals surface area contributed by atoms with Gasteiger partial charge in [0.1, 0.15) is 6.26 Å². The molecule has 1 rings (SSSR count). The lowest BCUT2D eigenvalue weighted by Crippen LogP contribution is -2.22. The highest BCUT2D eigenvalue weighted by Crippen LogP contribution is 2.11. The molecule has 0 aromatic carbocycles. The number of hydrogen-bond acceptors (Lipinski definition) is 4. The van der Waals surface area contributed by atoms with Gasteiger partial charge in [-0.2, -0.15) is 4.98 Å². The van der Waals surface area contributed by atoms with Crippen LogP contribution in [-0.2, 0) is 6.54 Å². The average molecular weight is 207 g/mol. The van der Waals surface area contributed by atoms with Crippen LogP contribution >= 0.6 is 0 Å². The van der Waals surface area contributed by atoms with E-state index in [0.717, 1.165) is 5.69 Å². The lowest BCUT2D eigenvalue weighted by molar-refractivity contribution is 0.545. The molecule has 0 amide bonds. The van der Waals surface area contributed by atoms with Gasteiger partial charge in [-0.1, -0.05) is 19.8 Å². The molecule has 0 bridgehead atoms. The van der Waals surface area contributed by atoms with E-state index >= 15 is 0 Å². The maximum absolute atomic E-state index is 5.29. The number of oxazole rings is 1. The second kappa shape index (κ2) is 5.42. The van der Waals surface area contributed by atoms with Gasteiger partial charge in [0.05, 0.1) is 12.2 Å². The fourth-order valence-corrected chi connectivity index (χ4v) is 1.07. The van der Waals surface area contributed by atoms with E-state index in [-0.39, 0.29) is 0 Å². The van der Waals surface area contributed by atoms with Crippen molar-refractivity contribution < 1.29 is 4.42 Å². The van der Waals surface area contributed by atoms with Crippen LogP contribution in [-0.4, -0.2) is 24.6 Å². The highest BCUT2D eigenvalue weighted by Gasteiger charge is 2.07. The lowest BCUT2D eigenvalue weighted by atomic mass is 10.4. The summed E-state index contributed by atoms with van der Waals surface area (Å²) in [5, 5.41) is 3.26. The fourth-order valence-electron chi connectivity index (χ4n) is 1.07. The molecule has 1 aromatic rings. The van der Waals surface area contributed by atoms with E-state index in [9.17, 15) is 0 Å². The van der Waals surface area contributed by atoms with Crippen molar-refractivity contribution in [2.75, 3.05) is 18.5 Å². The molecule has 0 radical (unpaired) electrons. The first-order valence-electron chi connectivity index (χ1n) is 4.96. The molecule has 1 aromatic heterocycles. The van der Waals surface area contributed by atoms with Crippen molar-refractivity contribution in [1.29, 1.82) is 0 Å². The number of terminal acetylenes is 1. The van der Waals surface area contributed by atoms with Crippen LogP contribution in [0.25, 0.3) is 0 Å². The first-order valence-corrected chi connectivity index (χ1v) is 4.96. The standard InChI is InChI=1S/C11H17N3O/c1-5-6-14(4)11-13-10(8-15-11)7-12-9(2)3/h1,8-9,12H,6-7H2,2-4H3. The second-order valence-corrected chi connectivity index (χ2v) is 3.72. The highest BCUT2D eigenvalue weighted by atomic mass is 16.4. The van der Waals surface area contributed by atoms with Gasteiger partial charge >= 0.3 is 0 Å². The lowest BCUT2D eigenvalue weighted by Gasteiger charge is -2.09. The molecule has 0 aliphatic heterocycles. The van der Waals surface area contributed by atoms with E-state index < -0.39 is 0 Å². The topological polar surface area (TPSA) is 41.3 Å². The molecule has 0 atom stereocenters. The Hall–Kier alpha value is -1.47. The van der Waals surface area contributed by atoms with Gasteiger partial charge in [0.15, 0.2) is 0 Å². The van der Waals surface area contributed by atoms with Crippen molar-refractivity contribution in [1.82, 2.24) is 10.3 Å². The third kappa shape index (κ3) is 3.64. The Kier molecular flexibility index (Phi) is 4.19.